The number of anilines is 2. The topological polar surface area (TPSA) is 62.3 Å². The quantitative estimate of drug-likeness (QED) is 0.609. The zero-order valence-electron chi connectivity index (χ0n) is 16.9. The highest BCUT2D eigenvalue weighted by molar-refractivity contribution is 6.31. The maximum absolute atomic E-state index is 13.0. The maximum Gasteiger partial charge on any atom is 0.258 e. The number of nitrogens with one attached hydrogen (secondary N) is 1. The van der Waals surface area contributed by atoms with E-state index in [4.69, 9.17) is 11.6 Å². The van der Waals surface area contributed by atoms with Crippen LogP contribution in [0.1, 0.15) is 40.7 Å². The van der Waals surface area contributed by atoms with Gasteiger partial charge >= 0.3 is 0 Å². The smallest absolute Gasteiger partial charge is 0.258 e. The van der Waals surface area contributed by atoms with E-state index in [1.54, 1.807) is 36.1 Å². The molecule has 1 N–H and O–H groups in total. The van der Waals surface area contributed by atoms with Gasteiger partial charge in [0.1, 0.15) is 11.6 Å². The highest BCUT2D eigenvalue weighted by Crippen LogP contribution is 2.32. The van der Waals surface area contributed by atoms with E-state index >= 15 is 0 Å². The van der Waals surface area contributed by atoms with Crippen molar-refractivity contribution in [3.8, 4) is 0 Å². The first kappa shape index (κ1) is 21.0. The van der Waals surface area contributed by atoms with Gasteiger partial charge in [-0.2, -0.15) is 0 Å². The van der Waals surface area contributed by atoms with Crippen molar-refractivity contribution in [1.82, 2.24) is 4.98 Å². The van der Waals surface area contributed by atoms with Crippen LogP contribution in [0, 0.1) is 5.82 Å². The van der Waals surface area contributed by atoms with Gasteiger partial charge in [-0.1, -0.05) is 29.8 Å². The maximum atomic E-state index is 13.0. The van der Waals surface area contributed by atoms with E-state index in [-0.39, 0.29) is 11.8 Å². The lowest BCUT2D eigenvalue weighted by Crippen LogP contribution is -2.35. The summed E-state index contributed by atoms with van der Waals surface area (Å²) in [6, 6.07) is 15.3. The van der Waals surface area contributed by atoms with Crippen LogP contribution in [0.25, 0.3) is 0 Å². The molecule has 4 rings (SSSR count). The van der Waals surface area contributed by atoms with Crippen LogP contribution in [0.5, 0.6) is 0 Å². The normalized spacial score (nSPS) is 14.0. The molecule has 1 aliphatic heterocycles. The number of carbonyl (C=O) groups is 2. The van der Waals surface area contributed by atoms with Crippen molar-refractivity contribution < 1.29 is 14.0 Å². The second kappa shape index (κ2) is 8.86. The lowest BCUT2D eigenvalue weighted by Gasteiger charge is -2.30. The van der Waals surface area contributed by atoms with Crippen molar-refractivity contribution in [1.29, 1.82) is 0 Å². The fourth-order valence-corrected chi connectivity index (χ4v) is 3.90. The number of hydrogen-bond donors (Lipinski definition) is 1. The van der Waals surface area contributed by atoms with Gasteiger partial charge < -0.3 is 10.2 Å². The second-order valence-corrected chi connectivity index (χ2v) is 7.97. The molecular formula is C24H21ClFN3O2. The van der Waals surface area contributed by atoms with Gasteiger partial charge in [0.05, 0.1) is 12.1 Å². The number of fused-ring (bicyclic) bond motifs is 1. The van der Waals surface area contributed by atoms with Crippen molar-refractivity contribution in [3.05, 3.63) is 88.3 Å². The number of pyridine rings is 1. The molecule has 1 aliphatic rings. The van der Waals surface area contributed by atoms with Crippen LogP contribution in [0.2, 0.25) is 5.02 Å². The first-order chi connectivity index (χ1) is 14.9. The van der Waals surface area contributed by atoms with Crippen LogP contribution in [0.15, 0.2) is 60.8 Å². The molecule has 0 bridgehead atoms. The summed E-state index contributed by atoms with van der Waals surface area (Å²) < 4.78 is 13.0. The average Bonchev–Trinajstić information content (AvgIpc) is 2.78. The molecule has 3 aromatic rings. The minimum absolute atomic E-state index is 0.0932. The molecule has 0 unspecified atom stereocenters. The fourth-order valence-electron chi connectivity index (χ4n) is 3.71. The molecule has 7 heteroatoms. The number of halogens is 2. The SMILES string of the molecule is C[C@H](C(=O)Nc1ccc(F)cn1)c1ccc2c(c1)CCCN2C(=O)c1cccc(Cl)c1. The van der Waals surface area contributed by atoms with Crippen molar-refractivity contribution in [2.75, 3.05) is 16.8 Å². The Kier molecular flexibility index (Phi) is 6.00. The van der Waals surface area contributed by atoms with Gasteiger partial charge in [-0.3, -0.25) is 9.59 Å². The van der Waals surface area contributed by atoms with Crippen LogP contribution in [-0.2, 0) is 11.2 Å². The molecule has 158 valence electrons. The predicted molar refractivity (Wildman–Crippen MR) is 119 cm³/mol. The number of aromatic nitrogens is 1. The molecule has 0 spiro atoms. The zero-order chi connectivity index (χ0) is 22.0. The molecule has 2 heterocycles. The summed E-state index contributed by atoms with van der Waals surface area (Å²) in [6.07, 6.45) is 2.73. The summed E-state index contributed by atoms with van der Waals surface area (Å²) in [5, 5.41) is 3.23. The van der Waals surface area contributed by atoms with Gasteiger partial charge in [0.15, 0.2) is 0 Å². The standard InChI is InChI=1S/C24H21ClFN3O2/c1-15(23(30)28-22-10-8-20(26)14-27-22)16-7-9-21-17(12-16)5-3-11-29(21)24(31)18-4-2-6-19(25)13-18/h2,4,6-10,12-15H,3,5,11H2,1H3,(H,27,28,30)/t15-/m0/s1. The van der Waals surface area contributed by atoms with Gasteiger partial charge in [0, 0.05) is 22.8 Å². The Hall–Kier alpha value is -3.25. The van der Waals surface area contributed by atoms with E-state index in [1.807, 2.05) is 18.2 Å². The van der Waals surface area contributed by atoms with Gasteiger partial charge in [0.25, 0.3) is 5.91 Å². The Balaban J connectivity index is 1.54. The highest BCUT2D eigenvalue weighted by Gasteiger charge is 2.25. The third-order valence-electron chi connectivity index (χ3n) is 5.41. The summed E-state index contributed by atoms with van der Waals surface area (Å²) in [7, 11) is 0. The highest BCUT2D eigenvalue weighted by atomic mass is 35.5. The molecule has 0 radical (unpaired) electrons. The molecule has 0 saturated heterocycles. The van der Waals surface area contributed by atoms with Gasteiger partial charge in [-0.15, -0.1) is 0 Å². The molecule has 0 fully saturated rings. The number of aryl methyl sites for hydroxylation is 1. The molecule has 2 amide bonds. The summed E-state index contributed by atoms with van der Waals surface area (Å²) in [5.41, 5.74) is 3.27. The van der Waals surface area contributed by atoms with Crippen LogP contribution < -0.4 is 10.2 Å². The fraction of sp³-hybridized carbons (Fsp3) is 0.208. The molecule has 1 atom stereocenters. The van der Waals surface area contributed by atoms with Gasteiger partial charge in [0.2, 0.25) is 5.91 Å². The number of carbonyl (C=O) groups excluding carboxylic acids is 2. The Morgan fingerprint density at radius 2 is 2.00 bits per heavy atom. The van der Waals surface area contributed by atoms with E-state index in [1.165, 1.54) is 12.1 Å². The molecular weight excluding hydrogens is 417 g/mol. The van der Waals surface area contributed by atoms with E-state index in [9.17, 15) is 14.0 Å². The number of nitrogens with zero attached hydrogens (tertiary/aromatic N) is 2. The van der Waals surface area contributed by atoms with Gasteiger partial charge in [-0.05, 0) is 67.3 Å². The summed E-state index contributed by atoms with van der Waals surface area (Å²) in [6.45, 7) is 2.43. The third kappa shape index (κ3) is 4.59. The number of benzene rings is 2. The van der Waals surface area contributed by atoms with Crippen molar-refractivity contribution in [2.24, 2.45) is 0 Å². The van der Waals surface area contributed by atoms with Crippen LogP contribution in [-0.4, -0.2) is 23.3 Å². The van der Waals surface area contributed by atoms with E-state index in [0.717, 1.165) is 35.9 Å². The van der Waals surface area contributed by atoms with Gasteiger partial charge in [-0.25, -0.2) is 9.37 Å². The first-order valence-electron chi connectivity index (χ1n) is 10.0. The molecule has 5 nitrogen and oxygen atoms in total. The van der Waals surface area contributed by atoms with Crippen LogP contribution in [0.3, 0.4) is 0 Å². The van der Waals surface area contributed by atoms with E-state index < -0.39 is 11.7 Å². The third-order valence-corrected chi connectivity index (χ3v) is 5.65. The molecule has 31 heavy (non-hydrogen) atoms. The molecule has 0 saturated carbocycles. The van der Waals surface area contributed by atoms with Crippen molar-refractivity contribution in [2.45, 2.75) is 25.7 Å². The average molecular weight is 438 g/mol. The summed E-state index contributed by atoms with van der Waals surface area (Å²) in [5.74, 6) is -0.922. The molecule has 1 aromatic heterocycles. The second-order valence-electron chi connectivity index (χ2n) is 7.53. The van der Waals surface area contributed by atoms with Crippen LogP contribution >= 0.6 is 11.6 Å². The minimum Gasteiger partial charge on any atom is -0.310 e. The lowest BCUT2D eigenvalue weighted by atomic mass is 9.93. The van der Waals surface area contributed by atoms with E-state index in [0.29, 0.717) is 22.9 Å². The summed E-state index contributed by atoms with van der Waals surface area (Å²) >= 11 is 6.05. The Labute approximate surface area is 184 Å². The van der Waals surface area contributed by atoms with E-state index in [2.05, 4.69) is 10.3 Å². The lowest BCUT2D eigenvalue weighted by molar-refractivity contribution is -0.117. The summed E-state index contributed by atoms with van der Waals surface area (Å²) in [4.78, 5) is 31.3. The first-order valence-corrected chi connectivity index (χ1v) is 10.4. The predicted octanol–water partition coefficient (Wildman–Crippen LogP) is 5.21. The van der Waals surface area contributed by atoms with Crippen molar-refractivity contribution in [3.63, 3.8) is 0 Å². The van der Waals surface area contributed by atoms with Crippen LogP contribution in [0.4, 0.5) is 15.9 Å². The zero-order valence-corrected chi connectivity index (χ0v) is 17.7. The number of rotatable bonds is 4. The van der Waals surface area contributed by atoms with Crippen molar-refractivity contribution >= 4 is 34.9 Å². The molecule has 0 aliphatic carbocycles. The number of amides is 2. The molecule has 2 aromatic carbocycles. The number of hydrogen-bond acceptors (Lipinski definition) is 3. The minimum atomic E-state index is -0.461. The Bertz CT molecular complexity index is 1130. The monoisotopic (exact) mass is 437 g/mol. The Morgan fingerprint density at radius 1 is 1.16 bits per heavy atom. The Morgan fingerprint density at radius 3 is 2.74 bits per heavy atom. The largest absolute Gasteiger partial charge is 0.310 e.